The molecule has 11 heteroatoms. The molecular weight excluding hydrogens is 411 g/mol. The van der Waals surface area contributed by atoms with E-state index in [2.05, 4.69) is 15.2 Å². The fraction of sp³-hybridized carbons (Fsp3) is 0.222. The predicted octanol–water partition coefficient (Wildman–Crippen LogP) is 2.95. The minimum absolute atomic E-state index is 0.0100. The summed E-state index contributed by atoms with van der Waals surface area (Å²) in [6.07, 6.45) is -0.270. The molecule has 0 unspecified atom stereocenters. The number of rotatable bonds is 4. The van der Waals surface area contributed by atoms with Crippen molar-refractivity contribution in [3.63, 3.8) is 0 Å². The molecule has 2 aromatic heterocycles. The van der Waals surface area contributed by atoms with Crippen LogP contribution in [0.1, 0.15) is 33.9 Å². The fourth-order valence-electron chi connectivity index (χ4n) is 3.30. The van der Waals surface area contributed by atoms with Crippen LogP contribution in [0.15, 0.2) is 35.4 Å². The Morgan fingerprint density at radius 3 is 2.79 bits per heavy atom. The van der Waals surface area contributed by atoms with Gasteiger partial charge in [-0.2, -0.15) is 5.10 Å². The summed E-state index contributed by atoms with van der Waals surface area (Å²) in [7, 11) is 0. The van der Waals surface area contributed by atoms with Crippen molar-refractivity contribution in [3.05, 3.63) is 74.4 Å². The Hall–Kier alpha value is -3.14. The van der Waals surface area contributed by atoms with Gasteiger partial charge in [-0.1, -0.05) is 11.6 Å². The average Bonchev–Trinajstić information content (AvgIpc) is 3.12. The summed E-state index contributed by atoms with van der Waals surface area (Å²) in [6, 6.07) is 2.68. The molecule has 1 N–H and O–H groups in total. The number of imidazole rings is 1. The van der Waals surface area contributed by atoms with Gasteiger partial charge >= 0.3 is 0 Å². The van der Waals surface area contributed by atoms with Crippen molar-refractivity contribution in [1.82, 2.24) is 19.7 Å². The Morgan fingerprint density at radius 2 is 2.03 bits per heavy atom. The highest BCUT2D eigenvalue weighted by molar-refractivity contribution is 6.33. The summed E-state index contributed by atoms with van der Waals surface area (Å²) in [4.78, 5) is 30.5. The van der Waals surface area contributed by atoms with Gasteiger partial charge in [0.15, 0.2) is 0 Å². The van der Waals surface area contributed by atoms with E-state index in [4.69, 9.17) is 11.6 Å². The second-order valence-electron chi connectivity index (χ2n) is 6.39. The van der Waals surface area contributed by atoms with Gasteiger partial charge in [0, 0.05) is 24.2 Å². The highest BCUT2D eigenvalue weighted by atomic mass is 35.5. The van der Waals surface area contributed by atoms with Crippen molar-refractivity contribution in [2.75, 3.05) is 11.4 Å². The van der Waals surface area contributed by atoms with E-state index in [0.717, 1.165) is 12.1 Å². The van der Waals surface area contributed by atoms with Crippen LogP contribution in [0.4, 0.5) is 18.9 Å². The highest BCUT2D eigenvalue weighted by Crippen LogP contribution is 2.28. The van der Waals surface area contributed by atoms with Gasteiger partial charge in [0.05, 0.1) is 24.6 Å². The number of fused-ring (bicyclic) bond motifs is 1. The number of aromatic amines is 1. The zero-order chi connectivity index (χ0) is 20.7. The molecule has 3 heterocycles. The zero-order valence-electron chi connectivity index (χ0n) is 14.7. The Labute approximate surface area is 166 Å². The molecule has 0 bridgehead atoms. The molecule has 0 amide bonds. The standard InChI is InChI=1S/C18H13ClF3N5O2/c19-15-12(7-24-25-18(15)29)26-3-4-27-13(6-23-14(27)8-26)16(28)10-2-1-9(20)5-11(10)17(21)22/h1-2,5-7,17H,3-4,8H2,(H,25,29). The quantitative estimate of drug-likeness (QED) is 0.652. The Balaban J connectivity index is 1.66. The van der Waals surface area contributed by atoms with Crippen molar-refractivity contribution >= 4 is 23.1 Å². The summed E-state index contributed by atoms with van der Waals surface area (Å²) in [5.41, 5.74) is -0.901. The Bertz CT molecular complexity index is 1160. The number of alkyl halides is 2. The lowest BCUT2D eigenvalue weighted by atomic mass is 10.0. The Morgan fingerprint density at radius 1 is 1.24 bits per heavy atom. The normalized spacial score (nSPS) is 13.6. The minimum atomic E-state index is -2.99. The molecule has 0 atom stereocenters. The van der Waals surface area contributed by atoms with E-state index in [9.17, 15) is 22.8 Å². The van der Waals surface area contributed by atoms with E-state index in [-0.39, 0.29) is 22.8 Å². The van der Waals surface area contributed by atoms with Gasteiger partial charge in [0.1, 0.15) is 22.4 Å². The molecule has 150 valence electrons. The lowest BCUT2D eigenvalue weighted by molar-refractivity contribution is 0.101. The van der Waals surface area contributed by atoms with Crippen LogP contribution in [0, 0.1) is 5.82 Å². The van der Waals surface area contributed by atoms with Crippen LogP contribution in [0.3, 0.4) is 0 Å². The van der Waals surface area contributed by atoms with Crippen molar-refractivity contribution in [2.45, 2.75) is 19.5 Å². The summed E-state index contributed by atoms with van der Waals surface area (Å²) in [5, 5.41) is 5.96. The van der Waals surface area contributed by atoms with Crippen LogP contribution >= 0.6 is 11.6 Å². The smallest absolute Gasteiger partial charge is 0.285 e. The number of ketones is 1. The van der Waals surface area contributed by atoms with E-state index < -0.39 is 29.1 Å². The third-order valence-corrected chi connectivity index (χ3v) is 5.07. The molecule has 0 saturated carbocycles. The monoisotopic (exact) mass is 423 g/mol. The lowest BCUT2D eigenvalue weighted by Crippen LogP contribution is -2.36. The summed E-state index contributed by atoms with van der Waals surface area (Å²) in [5.74, 6) is -1.01. The number of carbonyl (C=O) groups is 1. The molecule has 1 aliphatic heterocycles. The predicted molar refractivity (Wildman–Crippen MR) is 97.9 cm³/mol. The molecule has 0 radical (unpaired) electrons. The van der Waals surface area contributed by atoms with Crippen LogP contribution in [-0.2, 0) is 13.1 Å². The number of hydrogen-bond acceptors (Lipinski definition) is 5. The number of carbonyl (C=O) groups excluding carboxylic acids is 1. The molecule has 1 aromatic carbocycles. The third kappa shape index (κ3) is 3.39. The second-order valence-corrected chi connectivity index (χ2v) is 6.77. The lowest BCUT2D eigenvalue weighted by Gasteiger charge is -2.30. The largest absolute Gasteiger partial charge is 0.360 e. The Kier molecular flexibility index (Phi) is 4.87. The van der Waals surface area contributed by atoms with Crippen molar-refractivity contribution < 1.29 is 18.0 Å². The molecule has 0 spiro atoms. The molecular formula is C18H13ClF3N5O2. The molecule has 29 heavy (non-hydrogen) atoms. The third-order valence-electron chi connectivity index (χ3n) is 4.71. The van der Waals surface area contributed by atoms with E-state index in [1.165, 1.54) is 12.4 Å². The van der Waals surface area contributed by atoms with E-state index in [1.54, 1.807) is 9.47 Å². The van der Waals surface area contributed by atoms with Gasteiger partial charge in [-0.15, -0.1) is 0 Å². The number of H-pyrrole nitrogens is 1. The first kappa shape index (κ1) is 19.2. The molecule has 3 aromatic rings. The van der Waals surface area contributed by atoms with E-state index >= 15 is 0 Å². The number of aromatic nitrogens is 4. The molecule has 1 aliphatic rings. The molecule has 0 fully saturated rings. The summed E-state index contributed by atoms with van der Waals surface area (Å²) >= 11 is 6.04. The van der Waals surface area contributed by atoms with Crippen molar-refractivity contribution in [1.29, 1.82) is 0 Å². The summed E-state index contributed by atoms with van der Waals surface area (Å²) in [6.45, 7) is 0.938. The van der Waals surface area contributed by atoms with Crippen LogP contribution in [0.25, 0.3) is 0 Å². The number of benzene rings is 1. The van der Waals surface area contributed by atoms with Crippen LogP contribution in [-0.4, -0.2) is 32.1 Å². The SMILES string of the molecule is O=C(c1ccc(F)cc1C(F)F)c1cnc2n1CCN(c1cn[nH]c(=O)c1Cl)C2. The van der Waals surface area contributed by atoms with Gasteiger partial charge < -0.3 is 9.47 Å². The molecule has 7 nitrogen and oxygen atoms in total. The maximum Gasteiger partial charge on any atom is 0.285 e. The summed E-state index contributed by atoms with van der Waals surface area (Å²) < 4.78 is 41.5. The minimum Gasteiger partial charge on any atom is -0.360 e. The maximum atomic E-state index is 13.3. The zero-order valence-corrected chi connectivity index (χ0v) is 15.5. The van der Waals surface area contributed by atoms with Crippen LogP contribution in [0.2, 0.25) is 5.02 Å². The molecule has 0 saturated heterocycles. The van der Waals surface area contributed by atoms with Crippen LogP contribution < -0.4 is 10.5 Å². The average molecular weight is 424 g/mol. The van der Waals surface area contributed by atoms with Crippen molar-refractivity contribution in [3.8, 4) is 0 Å². The first-order chi connectivity index (χ1) is 13.9. The number of nitrogens with one attached hydrogen (secondary N) is 1. The fourth-order valence-corrected chi connectivity index (χ4v) is 3.51. The highest BCUT2D eigenvalue weighted by Gasteiger charge is 2.27. The number of anilines is 1. The number of hydrogen-bond donors (Lipinski definition) is 1. The molecule has 4 rings (SSSR count). The van der Waals surface area contributed by atoms with Gasteiger partial charge in [0.25, 0.3) is 12.0 Å². The maximum absolute atomic E-state index is 13.3. The first-order valence-electron chi connectivity index (χ1n) is 8.51. The molecule has 0 aliphatic carbocycles. The second kappa shape index (κ2) is 7.36. The van der Waals surface area contributed by atoms with Crippen molar-refractivity contribution in [2.24, 2.45) is 0 Å². The number of halogens is 4. The van der Waals surface area contributed by atoms with Gasteiger partial charge in [-0.25, -0.2) is 23.3 Å². The number of nitrogens with zero attached hydrogens (tertiary/aromatic N) is 4. The van der Waals surface area contributed by atoms with Gasteiger partial charge in [-0.3, -0.25) is 9.59 Å². The van der Waals surface area contributed by atoms with Gasteiger partial charge in [0.2, 0.25) is 5.78 Å². The van der Waals surface area contributed by atoms with Crippen LogP contribution in [0.5, 0.6) is 0 Å². The topological polar surface area (TPSA) is 83.9 Å². The van der Waals surface area contributed by atoms with Gasteiger partial charge in [-0.05, 0) is 18.2 Å². The first-order valence-corrected chi connectivity index (χ1v) is 8.89. The van der Waals surface area contributed by atoms with E-state index in [1.807, 2.05) is 0 Å². The van der Waals surface area contributed by atoms with E-state index in [0.29, 0.717) is 30.7 Å².